The molecule has 2 aromatic rings. The van der Waals surface area contributed by atoms with Crippen LogP contribution in [0.25, 0.3) is 5.52 Å². The fourth-order valence-electron chi connectivity index (χ4n) is 1.10. The number of pyridine rings is 1. The molecule has 0 aliphatic carbocycles. The Morgan fingerprint density at radius 1 is 1.64 bits per heavy atom. The summed E-state index contributed by atoms with van der Waals surface area (Å²) >= 11 is 3.28. The van der Waals surface area contributed by atoms with Crippen LogP contribution in [0.15, 0.2) is 29.0 Å². The minimum atomic E-state index is -1.33. The van der Waals surface area contributed by atoms with Crippen LogP contribution in [0, 0.1) is 0 Å². The van der Waals surface area contributed by atoms with Crippen molar-refractivity contribution in [1.29, 1.82) is 0 Å². The lowest BCUT2D eigenvalue weighted by molar-refractivity contribution is 0.144. The summed E-state index contributed by atoms with van der Waals surface area (Å²) in [5.41, 5.74) is 0.753. The molecule has 0 radical (unpaired) electrons. The van der Waals surface area contributed by atoms with Crippen LogP contribution in [-0.2, 0) is 0 Å². The molecule has 0 spiro atoms. The van der Waals surface area contributed by atoms with Crippen molar-refractivity contribution in [3.8, 4) is 5.75 Å². The normalized spacial score (nSPS) is 10.4. The number of hydrogen-bond donors (Lipinski definition) is 1. The van der Waals surface area contributed by atoms with Crippen LogP contribution in [0.5, 0.6) is 5.75 Å². The van der Waals surface area contributed by atoms with Crippen LogP contribution in [0.3, 0.4) is 0 Å². The molecule has 0 saturated carbocycles. The van der Waals surface area contributed by atoms with Gasteiger partial charge < -0.3 is 9.84 Å². The van der Waals surface area contributed by atoms with Gasteiger partial charge >= 0.3 is 6.16 Å². The molecule has 5 nitrogen and oxygen atoms in total. The van der Waals surface area contributed by atoms with E-state index in [0.717, 1.165) is 9.99 Å². The monoisotopic (exact) mass is 256 g/mol. The highest BCUT2D eigenvalue weighted by molar-refractivity contribution is 9.10. The molecule has 14 heavy (non-hydrogen) atoms. The minimum absolute atomic E-state index is 0.270. The van der Waals surface area contributed by atoms with Gasteiger partial charge in [0, 0.05) is 12.3 Å². The molecule has 2 rings (SSSR count). The predicted octanol–water partition coefficient (Wildman–Crippen LogP) is 2.15. The van der Waals surface area contributed by atoms with Crippen molar-refractivity contribution in [2.45, 2.75) is 0 Å². The van der Waals surface area contributed by atoms with Gasteiger partial charge in [-0.1, -0.05) is 0 Å². The van der Waals surface area contributed by atoms with Gasteiger partial charge in [0.15, 0.2) is 0 Å². The number of ether oxygens (including phenoxy) is 1. The summed E-state index contributed by atoms with van der Waals surface area (Å²) < 4.78 is 6.90. The lowest BCUT2D eigenvalue weighted by Crippen LogP contribution is -2.03. The first-order valence-corrected chi connectivity index (χ1v) is 4.50. The Kier molecular flexibility index (Phi) is 2.12. The van der Waals surface area contributed by atoms with Crippen molar-refractivity contribution in [3.63, 3.8) is 0 Å². The molecular formula is C8H5BrN2O3. The first-order valence-electron chi connectivity index (χ1n) is 3.70. The highest BCUT2D eigenvalue weighted by atomic mass is 79.9. The van der Waals surface area contributed by atoms with Gasteiger partial charge in [0.1, 0.15) is 5.75 Å². The largest absolute Gasteiger partial charge is 0.511 e. The molecule has 0 amide bonds. The van der Waals surface area contributed by atoms with Crippen LogP contribution >= 0.6 is 15.9 Å². The highest BCUT2D eigenvalue weighted by Gasteiger charge is 2.05. The Balaban J connectivity index is 2.49. The average Bonchev–Trinajstić information content (AvgIpc) is 2.47. The van der Waals surface area contributed by atoms with Crippen molar-refractivity contribution in [3.05, 3.63) is 29.0 Å². The second-order valence-corrected chi connectivity index (χ2v) is 3.41. The number of carbonyl (C=O) groups is 1. The zero-order valence-electron chi connectivity index (χ0n) is 6.85. The smallest absolute Gasteiger partial charge is 0.449 e. The van der Waals surface area contributed by atoms with Crippen molar-refractivity contribution in [2.75, 3.05) is 0 Å². The molecular weight excluding hydrogens is 252 g/mol. The Labute approximate surface area is 87.0 Å². The van der Waals surface area contributed by atoms with Crippen LogP contribution < -0.4 is 4.74 Å². The molecule has 0 aliphatic heterocycles. The fraction of sp³-hybridized carbons (Fsp3) is 0. The van der Waals surface area contributed by atoms with Gasteiger partial charge in [-0.3, -0.25) is 0 Å². The van der Waals surface area contributed by atoms with Gasteiger partial charge in [0.05, 0.1) is 16.2 Å². The molecule has 1 N–H and O–H groups in total. The molecule has 0 aliphatic rings. The van der Waals surface area contributed by atoms with Crippen molar-refractivity contribution in [2.24, 2.45) is 0 Å². The molecule has 2 aromatic heterocycles. The Hall–Kier alpha value is -1.56. The standard InChI is InChI=1S/C8H5BrN2O3/c9-6-4-10-11-2-1-5(3-7(6)11)14-8(12)13/h1-4H,(H,12,13). The number of carboxylic acid groups (broad SMARTS) is 1. The molecule has 6 heteroatoms. The number of aromatic nitrogens is 2. The van der Waals surface area contributed by atoms with Gasteiger partial charge in [0.2, 0.25) is 0 Å². The Morgan fingerprint density at radius 2 is 2.43 bits per heavy atom. The van der Waals surface area contributed by atoms with Gasteiger partial charge in [-0.2, -0.15) is 5.10 Å². The van der Waals surface area contributed by atoms with Crippen LogP contribution in [0.4, 0.5) is 4.79 Å². The molecule has 0 fully saturated rings. The lowest BCUT2D eigenvalue weighted by atomic mass is 10.4. The summed E-state index contributed by atoms with van der Waals surface area (Å²) in [7, 11) is 0. The van der Waals surface area contributed by atoms with Crippen LogP contribution in [0.1, 0.15) is 0 Å². The predicted molar refractivity (Wildman–Crippen MR) is 51.5 cm³/mol. The molecule has 0 bridgehead atoms. The van der Waals surface area contributed by atoms with E-state index in [-0.39, 0.29) is 5.75 Å². The quantitative estimate of drug-likeness (QED) is 0.795. The Morgan fingerprint density at radius 3 is 3.14 bits per heavy atom. The van der Waals surface area contributed by atoms with E-state index in [9.17, 15) is 4.79 Å². The summed E-state index contributed by atoms with van der Waals surface area (Å²) in [6.45, 7) is 0. The van der Waals surface area contributed by atoms with Crippen molar-refractivity contribution >= 4 is 27.6 Å². The summed E-state index contributed by atoms with van der Waals surface area (Å²) in [4.78, 5) is 10.3. The summed E-state index contributed by atoms with van der Waals surface area (Å²) in [6, 6.07) is 3.12. The Bertz CT molecular complexity index is 494. The molecule has 72 valence electrons. The van der Waals surface area contributed by atoms with E-state index < -0.39 is 6.16 Å². The first-order chi connectivity index (χ1) is 6.66. The maximum Gasteiger partial charge on any atom is 0.511 e. The van der Waals surface area contributed by atoms with E-state index in [4.69, 9.17) is 5.11 Å². The third-order valence-electron chi connectivity index (χ3n) is 1.65. The number of halogens is 1. The number of fused-ring (bicyclic) bond motifs is 1. The minimum Gasteiger partial charge on any atom is -0.449 e. The molecule has 0 unspecified atom stereocenters. The lowest BCUT2D eigenvalue weighted by Gasteiger charge is -1.99. The zero-order chi connectivity index (χ0) is 10.1. The summed E-state index contributed by atoms with van der Waals surface area (Å²) in [5, 5.41) is 12.4. The fourth-order valence-corrected chi connectivity index (χ4v) is 1.48. The summed E-state index contributed by atoms with van der Waals surface area (Å²) in [6.07, 6.45) is 1.92. The van der Waals surface area contributed by atoms with Crippen LogP contribution in [0.2, 0.25) is 0 Å². The zero-order valence-corrected chi connectivity index (χ0v) is 8.43. The highest BCUT2D eigenvalue weighted by Crippen LogP contribution is 2.21. The maximum atomic E-state index is 10.3. The number of hydrogen-bond acceptors (Lipinski definition) is 3. The van der Waals surface area contributed by atoms with E-state index in [1.807, 2.05) is 0 Å². The van der Waals surface area contributed by atoms with Crippen molar-refractivity contribution in [1.82, 2.24) is 9.61 Å². The second-order valence-electron chi connectivity index (χ2n) is 2.55. The molecule has 0 aromatic carbocycles. The van der Waals surface area contributed by atoms with Gasteiger partial charge in [-0.25, -0.2) is 9.31 Å². The van der Waals surface area contributed by atoms with E-state index in [1.54, 1.807) is 23.0 Å². The van der Waals surface area contributed by atoms with Gasteiger partial charge in [-0.05, 0) is 22.0 Å². The summed E-state index contributed by atoms with van der Waals surface area (Å²) in [5.74, 6) is 0.270. The van der Waals surface area contributed by atoms with E-state index in [2.05, 4.69) is 25.8 Å². The van der Waals surface area contributed by atoms with Gasteiger partial charge in [0.25, 0.3) is 0 Å². The second kappa shape index (κ2) is 3.30. The molecule has 0 saturated heterocycles. The van der Waals surface area contributed by atoms with Gasteiger partial charge in [-0.15, -0.1) is 0 Å². The van der Waals surface area contributed by atoms with E-state index in [1.165, 1.54) is 6.07 Å². The maximum absolute atomic E-state index is 10.3. The number of nitrogens with zero attached hydrogens (tertiary/aromatic N) is 2. The SMILES string of the molecule is O=C(O)Oc1ccn2ncc(Br)c2c1. The number of rotatable bonds is 1. The molecule has 0 atom stereocenters. The average molecular weight is 257 g/mol. The first kappa shape index (κ1) is 9.01. The van der Waals surface area contributed by atoms with Crippen LogP contribution in [-0.4, -0.2) is 20.9 Å². The molecule has 2 heterocycles. The topological polar surface area (TPSA) is 63.8 Å². The van der Waals surface area contributed by atoms with E-state index in [0.29, 0.717) is 0 Å². The third kappa shape index (κ3) is 1.56. The third-order valence-corrected chi connectivity index (χ3v) is 2.26. The van der Waals surface area contributed by atoms with E-state index >= 15 is 0 Å². The van der Waals surface area contributed by atoms with Crippen molar-refractivity contribution < 1.29 is 14.6 Å².